The average molecular weight is 249 g/mol. The minimum atomic E-state index is 0.134. The number of hydrogen-bond acceptors (Lipinski definition) is 3. The van der Waals surface area contributed by atoms with Gasteiger partial charge in [0.2, 0.25) is 0 Å². The van der Waals surface area contributed by atoms with Crippen molar-refractivity contribution < 1.29 is 5.11 Å². The summed E-state index contributed by atoms with van der Waals surface area (Å²) in [7, 11) is 0. The molecule has 0 spiro atoms. The molecule has 0 aliphatic heterocycles. The molecule has 0 atom stereocenters. The molecule has 1 N–H and O–H groups in total. The highest BCUT2D eigenvalue weighted by molar-refractivity contribution is 9.10. The molecule has 0 aromatic carbocycles. The summed E-state index contributed by atoms with van der Waals surface area (Å²) >= 11 is 6.84. The van der Waals surface area contributed by atoms with E-state index in [1.165, 1.54) is 9.40 Å². The summed E-state index contributed by atoms with van der Waals surface area (Å²) < 4.78 is 2.38. The van der Waals surface area contributed by atoms with E-state index >= 15 is 0 Å². The van der Waals surface area contributed by atoms with Crippen molar-refractivity contribution in [3.05, 3.63) is 20.8 Å². The largest absolute Gasteiger partial charge is 0.392 e. The third-order valence-corrected chi connectivity index (χ3v) is 4.61. The molecule has 4 heteroatoms. The highest BCUT2D eigenvalue weighted by Gasteiger charge is 2.07. The van der Waals surface area contributed by atoms with Crippen LogP contribution in [-0.2, 0) is 6.61 Å². The monoisotopic (exact) mass is 248 g/mol. The summed E-state index contributed by atoms with van der Waals surface area (Å²) in [6, 6.07) is 0. The van der Waals surface area contributed by atoms with Gasteiger partial charge in [-0.05, 0) is 26.9 Å². The Morgan fingerprint density at radius 3 is 2.82 bits per heavy atom. The van der Waals surface area contributed by atoms with Gasteiger partial charge in [0.15, 0.2) is 0 Å². The van der Waals surface area contributed by atoms with Crippen molar-refractivity contribution in [2.24, 2.45) is 0 Å². The first-order valence-electron chi connectivity index (χ1n) is 3.07. The third-order valence-electron chi connectivity index (χ3n) is 1.51. The second-order valence-electron chi connectivity index (χ2n) is 2.17. The van der Waals surface area contributed by atoms with Crippen molar-refractivity contribution in [2.75, 3.05) is 0 Å². The number of rotatable bonds is 1. The minimum absolute atomic E-state index is 0.134. The first-order valence-corrected chi connectivity index (χ1v) is 5.62. The summed E-state index contributed by atoms with van der Waals surface area (Å²) in [6.45, 7) is 0.134. The van der Waals surface area contributed by atoms with Crippen LogP contribution in [0.25, 0.3) is 9.40 Å². The van der Waals surface area contributed by atoms with Crippen molar-refractivity contribution in [1.29, 1.82) is 0 Å². The lowest BCUT2D eigenvalue weighted by Crippen LogP contribution is -1.76. The van der Waals surface area contributed by atoms with Gasteiger partial charge in [0.25, 0.3) is 0 Å². The van der Waals surface area contributed by atoms with Gasteiger partial charge in [0.1, 0.15) is 0 Å². The molecule has 1 nitrogen and oxygen atoms in total. The molecule has 0 saturated carbocycles. The molecule has 0 radical (unpaired) electrons. The summed E-state index contributed by atoms with van der Waals surface area (Å²) in [4.78, 5) is 0. The van der Waals surface area contributed by atoms with Crippen LogP contribution in [0.15, 0.2) is 15.2 Å². The van der Waals surface area contributed by atoms with Gasteiger partial charge in [0.05, 0.1) is 10.6 Å². The number of hydrogen-bond donors (Lipinski definition) is 1. The average Bonchev–Trinajstić information content (AvgIpc) is 2.54. The Hall–Kier alpha value is 0.1000. The lowest BCUT2D eigenvalue weighted by molar-refractivity contribution is 0.284. The molecule has 58 valence electrons. The molecule has 11 heavy (non-hydrogen) atoms. The van der Waals surface area contributed by atoms with Gasteiger partial charge in [-0.3, -0.25) is 0 Å². The zero-order chi connectivity index (χ0) is 7.84. The summed E-state index contributed by atoms with van der Waals surface area (Å²) in [6.07, 6.45) is 0. The summed E-state index contributed by atoms with van der Waals surface area (Å²) in [5.41, 5.74) is 1.03. The molecule has 2 heterocycles. The Bertz CT molecular complexity index is 377. The normalized spacial score (nSPS) is 11.1. The molecule has 0 amide bonds. The summed E-state index contributed by atoms with van der Waals surface area (Å²) in [5, 5.41) is 14.2. The van der Waals surface area contributed by atoms with Crippen LogP contribution >= 0.6 is 38.6 Å². The van der Waals surface area contributed by atoms with E-state index in [1.54, 1.807) is 22.7 Å². The Balaban J connectivity index is 2.80. The SMILES string of the molecule is OCc1csc2scc(Br)c12. The fourth-order valence-electron chi connectivity index (χ4n) is 0.992. The van der Waals surface area contributed by atoms with Crippen molar-refractivity contribution >= 4 is 48.0 Å². The Morgan fingerprint density at radius 2 is 2.09 bits per heavy atom. The van der Waals surface area contributed by atoms with E-state index in [-0.39, 0.29) is 6.61 Å². The molecule has 0 aliphatic carbocycles. The number of aliphatic hydroxyl groups is 1. The molecule has 0 saturated heterocycles. The van der Waals surface area contributed by atoms with Gasteiger partial charge >= 0.3 is 0 Å². The molecule has 2 aromatic heterocycles. The van der Waals surface area contributed by atoms with E-state index in [0.29, 0.717) is 0 Å². The lowest BCUT2D eigenvalue weighted by atomic mass is 10.3. The smallest absolute Gasteiger partial charge is 0.0880 e. The predicted molar refractivity (Wildman–Crippen MR) is 53.3 cm³/mol. The standard InChI is InChI=1S/C7H5BrOS2/c8-5-3-11-7-6(5)4(1-9)2-10-7/h2-3,9H,1H2. The van der Waals surface area contributed by atoms with Crippen LogP contribution in [0, 0.1) is 0 Å². The molecule has 0 aliphatic rings. The molecule has 2 rings (SSSR count). The van der Waals surface area contributed by atoms with Gasteiger partial charge in [-0.1, -0.05) is 0 Å². The van der Waals surface area contributed by atoms with Crippen molar-refractivity contribution in [3.8, 4) is 0 Å². The topological polar surface area (TPSA) is 20.2 Å². The Morgan fingerprint density at radius 1 is 1.36 bits per heavy atom. The van der Waals surface area contributed by atoms with E-state index in [4.69, 9.17) is 5.11 Å². The number of fused-ring (bicyclic) bond motifs is 1. The number of halogens is 1. The highest BCUT2D eigenvalue weighted by Crippen LogP contribution is 2.37. The van der Waals surface area contributed by atoms with Crippen molar-refractivity contribution in [3.63, 3.8) is 0 Å². The van der Waals surface area contributed by atoms with E-state index in [0.717, 1.165) is 10.0 Å². The fraction of sp³-hybridized carbons (Fsp3) is 0.143. The van der Waals surface area contributed by atoms with Crippen LogP contribution in [0.5, 0.6) is 0 Å². The quantitative estimate of drug-likeness (QED) is 0.822. The maximum Gasteiger partial charge on any atom is 0.0880 e. The predicted octanol–water partition coefficient (Wildman–Crippen LogP) is 3.22. The van der Waals surface area contributed by atoms with E-state index < -0.39 is 0 Å². The van der Waals surface area contributed by atoms with Crippen LogP contribution in [-0.4, -0.2) is 5.11 Å². The molecule has 0 unspecified atom stereocenters. The van der Waals surface area contributed by atoms with Crippen LogP contribution in [0.2, 0.25) is 0 Å². The second-order valence-corrected chi connectivity index (χ2v) is 5.04. The summed E-state index contributed by atoms with van der Waals surface area (Å²) in [5.74, 6) is 0. The molecular weight excluding hydrogens is 244 g/mol. The van der Waals surface area contributed by atoms with Crippen LogP contribution in [0.4, 0.5) is 0 Å². The fourth-order valence-corrected chi connectivity index (χ4v) is 3.99. The van der Waals surface area contributed by atoms with Crippen molar-refractivity contribution in [1.82, 2.24) is 0 Å². The maximum absolute atomic E-state index is 8.96. The first-order chi connectivity index (χ1) is 5.33. The molecule has 0 fully saturated rings. The second kappa shape index (κ2) is 2.86. The Kier molecular flexibility index (Phi) is 2.01. The molecule has 0 bridgehead atoms. The van der Waals surface area contributed by atoms with Crippen LogP contribution in [0.3, 0.4) is 0 Å². The van der Waals surface area contributed by atoms with Gasteiger partial charge in [-0.25, -0.2) is 0 Å². The first kappa shape index (κ1) is 7.73. The van der Waals surface area contributed by atoms with Gasteiger partial charge < -0.3 is 5.11 Å². The molecule has 2 aromatic rings. The van der Waals surface area contributed by atoms with Crippen LogP contribution in [0.1, 0.15) is 5.56 Å². The van der Waals surface area contributed by atoms with Gasteiger partial charge in [-0.2, -0.15) is 0 Å². The highest BCUT2D eigenvalue weighted by atomic mass is 79.9. The number of aliphatic hydroxyl groups excluding tert-OH is 1. The zero-order valence-corrected chi connectivity index (χ0v) is 8.72. The van der Waals surface area contributed by atoms with E-state index in [9.17, 15) is 0 Å². The van der Waals surface area contributed by atoms with E-state index in [2.05, 4.69) is 21.3 Å². The lowest BCUT2D eigenvalue weighted by Gasteiger charge is -1.88. The third kappa shape index (κ3) is 1.14. The minimum Gasteiger partial charge on any atom is -0.392 e. The van der Waals surface area contributed by atoms with Gasteiger partial charge in [-0.15, -0.1) is 22.7 Å². The Labute approximate surface area is 80.4 Å². The van der Waals surface area contributed by atoms with Gasteiger partial charge in [0, 0.05) is 15.2 Å². The maximum atomic E-state index is 8.96. The van der Waals surface area contributed by atoms with Crippen LogP contribution < -0.4 is 0 Å². The van der Waals surface area contributed by atoms with Crippen molar-refractivity contribution in [2.45, 2.75) is 6.61 Å². The van der Waals surface area contributed by atoms with E-state index in [1.807, 2.05) is 5.38 Å². The zero-order valence-electron chi connectivity index (χ0n) is 5.50. The number of thiophene rings is 2. The molecular formula is C7H5BrOS2.